The van der Waals surface area contributed by atoms with E-state index in [0.717, 1.165) is 22.6 Å². The number of hydrogen-bond acceptors (Lipinski definition) is 3. The van der Waals surface area contributed by atoms with Crippen LogP contribution in [0.5, 0.6) is 0 Å². The molecule has 5 heteroatoms. The molecule has 0 atom stereocenters. The molecular weight excluding hydrogens is 312 g/mol. The number of amides is 1. The lowest BCUT2D eigenvalue weighted by Gasteiger charge is -2.10. The highest BCUT2D eigenvalue weighted by atomic mass is 32.2. The molecule has 0 aliphatic carbocycles. The molecule has 0 unspecified atom stereocenters. The second-order valence-electron chi connectivity index (χ2n) is 5.35. The van der Waals surface area contributed by atoms with E-state index in [0.29, 0.717) is 9.23 Å². The molecule has 3 rings (SSSR count). The predicted octanol–water partition coefficient (Wildman–Crippen LogP) is 3.89. The van der Waals surface area contributed by atoms with Gasteiger partial charge in [0.1, 0.15) is 4.32 Å². The van der Waals surface area contributed by atoms with Crippen molar-refractivity contribution in [1.29, 1.82) is 0 Å². The van der Waals surface area contributed by atoms with Crippen LogP contribution in [0, 0.1) is 20.8 Å². The van der Waals surface area contributed by atoms with Gasteiger partial charge in [-0.15, -0.1) is 0 Å². The van der Waals surface area contributed by atoms with Crippen LogP contribution in [-0.2, 0) is 4.79 Å². The molecule has 1 fully saturated rings. The van der Waals surface area contributed by atoms with Gasteiger partial charge in [-0.25, -0.2) is 0 Å². The topological polar surface area (TPSA) is 34.0 Å². The predicted molar refractivity (Wildman–Crippen MR) is 96.3 cm³/mol. The van der Waals surface area contributed by atoms with E-state index in [1.165, 1.54) is 17.3 Å². The molecule has 0 radical (unpaired) electrons. The lowest BCUT2D eigenvalue weighted by Crippen LogP contribution is -2.17. The van der Waals surface area contributed by atoms with E-state index in [-0.39, 0.29) is 5.91 Å². The van der Waals surface area contributed by atoms with E-state index in [1.807, 2.05) is 6.08 Å². The Morgan fingerprint density at radius 1 is 1.23 bits per heavy atom. The first-order chi connectivity index (χ1) is 10.5. The number of nitrogens with one attached hydrogen (secondary N) is 1. The van der Waals surface area contributed by atoms with Crippen LogP contribution in [-0.4, -0.2) is 14.8 Å². The highest BCUT2D eigenvalue weighted by Gasteiger charge is 2.22. The zero-order valence-electron chi connectivity index (χ0n) is 12.6. The van der Waals surface area contributed by atoms with Gasteiger partial charge in [0.15, 0.2) is 0 Å². The van der Waals surface area contributed by atoms with E-state index in [1.54, 1.807) is 0 Å². The number of carbonyl (C=O) groups excluding carboxylic acids is 1. The number of thioether (sulfide) groups is 1. The van der Waals surface area contributed by atoms with Crippen LogP contribution >= 0.6 is 24.0 Å². The molecular formula is C17H16N2OS2. The molecule has 2 aromatic rings. The standard InChI is InChI=1S/C17H16N2OS2/c1-10-5-4-6-14(7-10)19-11(2)8-13(12(19)3)9-15-16(20)18-17(21)22-15/h4-9H,1-3H3,(H,18,20,21)/b15-9-. The molecule has 0 bridgehead atoms. The molecule has 0 saturated carbocycles. The first kappa shape index (κ1) is 15.1. The van der Waals surface area contributed by atoms with Crippen molar-refractivity contribution in [2.75, 3.05) is 0 Å². The fraction of sp³-hybridized carbons (Fsp3) is 0.176. The Morgan fingerprint density at radius 2 is 2.00 bits per heavy atom. The molecule has 1 saturated heterocycles. The third-order valence-electron chi connectivity index (χ3n) is 3.66. The van der Waals surface area contributed by atoms with Crippen molar-refractivity contribution in [3.8, 4) is 5.69 Å². The Bertz CT molecular complexity index is 818. The molecule has 1 aromatic carbocycles. The van der Waals surface area contributed by atoms with Crippen LogP contribution in [0.25, 0.3) is 11.8 Å². The van der Waals surface area contributed by atoms with Crippen LogP contribution in [0.3, 0.4) is 0 Å². The van der Waals surface area contributed by atoms with E-state index < -0.39 is 0 Å². The van der Waals surface area contributed by atoms with E-state index in [4.69, 9.17) is 12.2 Å². The molecule has 1 N–H and O–H groups in total. The van der Waals surface area contributed by atoms with E-state index >= 15 is 0 Å². The maximum Gasteiger partial charge on any atom is 0.263 e. The molecule has 3 nitrogen and oxygen atoms in total. The molecule has 0 spiro atoms. The number of hydrogen-bond donors (Lipinski definition) is 1. The minimum atomic E-state index is -0.115. The maximum atomic E-state index is 11.8. The monoisotopic (exact) mass is 328 g/mol. The molecule has 1 aromatic heterocycles. The Labute approximate surface area is 139 Å². The largest absolute Gasteiger partial charge is 0.318 e. The van der Waals surface area contributed by atoms with Gasteiger partial charge in [0.2, 0.25) is 0 Å². The van der Waals surface area contributed by atoms with Gasteiger partial charge in [-0.1, -0.05) is 36.1 Å². The lowest BCUT2D eigenvalue weighted by molar-refractivity contribution is -0.115. The summed E-state index contributed by atoms with van der Waals surface area (Å²) in [5.41, 5.74) is 5.66. The van der Waals surface area contributed by atoms with Crippen LogP contribution in [0.1, 0.15) is 22.5 Å². The summed E-state index contributed by atoms with van der Waals surface area (Å²) in [6.45, 7) is 6.22. The average molecular weight is 328 g/mol. The second-order valence-corrected chi connectivity index (χ2v) is 7.07. The van der Waals surface area contributed by atoms with Gasteiger partial charge >= 0.3 is 0 Å². The number of nitrogens with zero attached hydrogens (tertiary/aromatic N) is 1. The van der Waals surface area contributed by atoms with Gasteiger partial charge in [0.25, 0.3) is 5.91 Å². The van der Waals surface area contributed by atoms with Crippen molar-refractivity contribution in [3.05, 3.63) is 57.8 Å². The van der Waals surface area contributed by atoms with Crippen LogP contribution in [0.4, 0.5) is 0 Å². The maximum absolute atomic E-state index is 11.8. The van der Waals surface area contributed by atoms with Gasteiger partial charge in [-0.05, 0) is 56.2 Å². The van der Waals surface area contributed by atoms with Crippen molar-refractivity contribution in [2.45, 2.75) is 20.8 Å². The zero-order chi connectivity index (χ0) is 15.9. The molecule has 1 amide bonds. The number of thiocarbonyl (C=S) groups is 1. The van der Waals surface area contributed by atoms with Crippen LogP contribution in [0.2, 0.25) is 0 Å². The fourth-order valence-corrected chi connectivity index (χ4v) is 3.70. The number of carbonyl (C=O) groups is 1. The summed E-state index contributed by atoms with van der Waals surface area (Å²) in [4.78, 5) is 12.5. The van der Waals surface area contributed by atoms with Gasteiger partial charge in [0, 0.05) is 17.1 Å². The van der Waals surface area contributed by atoms with Crippen molar-refractivity contribution in [3.63, 3.8) is 0 Å². The Morgan fingerprint density at radius 3 is 2.64 bits per heavy atom. The summed E-state index contributed by atoms with van der Waals surface area (Å²) in [5, 5.41) is 2.65. The number of benzene rings is 1. The van der Waals surface area contributed by atoms with E-state index in [2.05, 4.69) is 61.0 Å². The second kappa shape index (κ2) is 5.74. The summed E-state index contributed by atoms with van der Waals surface area (Å²) >= 11 is 6.34. The Hall–Kier alpha value is -1.85. The molecule has 1 aliphatic heterocycles. The summed E-state index contributed by atoms with van der Waals surface area (Å²) < 4.78 is 2.72. The average Bonchev–Trinajstić information content (AvgIpc) is 2.90. The summed E-state index contributed by atoms with van der Waals surface area (Å²) in [7, 11) is 0. The first-order valence-electron chi connectivity index (χ1n) is 6.96. The summed E-state index contributed by atoms with van der Waals surface area (Å²) in [6.07, 6.45) is 1.91. The quantitative estimate of drug-likeness (QED) is 0.671. The number of aromatic nitrogens is 1. The van der Waals surface area contributed by atoms with Gasteiger partial charge in [-0.2, -0.15) is 0 Å². The first-order valence-corrected chi connectivity index (χ1v) is 8.19. The highest BCUT2D eigenvalue weighted by Crippen LogP contribution is 2.29. The van der Waals surface area contributed by atoms with Crippen LogP contribution in [0.15, 0.2) is 35.2 Å². The fourth-order valence-electron chi connectivity index (χ4n) is 2.66. The van der Waals surface area contributed by atoms with Crippen molar-refractivity contribution < 1.29 is 4.79 Å². The minimum Gasteiger partial charge on any atom is -0.318 e. The highest BCUT2D eigenvalue weighted by molar-refractivity contribution is 8.26. The van der Waals surface area contributed by atoms with E-state index in [9.17, 15) is 4.79 Å². The molecule has 1 aliphatic rings. The summed E-state index contributed by atoms with van der Waals surface area (Å²) in [6, 6.07) is 10.5. The van der Waals surface area contributed by atoms with Crippen molar-refractivity contribution in [1.82, 2.24) is 9.88 Å². The third-order valence-corrected chi connectivity index (χ3v) is 4.82. The number of aryl methyl sites for hydroxylation is 2. The van der Waals surface area contributed by atoms with Crippen molar-refractivity contribution >= 4 is 40.3 Å². The SMILES string of the molecule is Cc1cccc(-n2c(C)cc(/C=C3\SC(=S)NC3=O)c2C)c1. The minimum absolute atomic E-state index is 0.115. The number of rotatable bonds is 2. The van der Waals surface area contributed by atoms with Gasteiger partial charge in [0.05, 0.1) is 4.91 Å². The van der Waals surface area contributed by atoms with Crippen LogP contribution < -0.4 is 5.32 Å². The van der Waals surface area contributed by atoms with Crippen molar-refractivity contribution in [2.24, 2.45) is 0 Å². The molecule has 2 heterocycles. The lowest BCUT2D eigenvalue weighted by atomic mass is 10.2. The normalized spacial score (nSPS) is 16.4. The Kier molecular flexibility index (Phi) is 3.93. The van der Waals surface area contributed by atoms with Gasteiger partial charge in [-0.3, -0.25) is 4.79 Å². The molecule has 112 valence electrons. The third kappa shape index (κ3) is 2.74. The Balaban J connectivity index is 2.06. The molecule has 22 heavy (non-hydrogen) atoms. The van der Waals surface area contributed by atoms with Gasteiger partial charge < -0.3 is 9.88 Å². The smallest absolute Gasteiger partial charge is 0.263 e. The summed E-state index contributed by atoms with van der Waals surface area (Å²) in [5.74, 6) is -0.115. The zero-order valence-corrected chi connectivity index (χ0v) is 14.3.